The molecule has 2 unspecified atom stereocenters. The lowest BCUT2D eigenvalue weighted by Gasteiger charge is -2.20. The molecule has 1 heterocycles. The van der Waals surface area contributed by atoms with Gasteiger partial charge in [0.2, 0.25) is 0 Å². The predicted octanol–water partition coefficient (Wildman–Crippen LogP) is 1.47. The Morgan fingerprint density at radius 1 is 1.53 bits per heavy atom. The van der Waals surface area contributed by atoms with Crippen LogP contribution in [-0.2, 0) is 0 Å². The Morgan fingerprint density at radius 3 is 2.73 bits per heavy atom. The van der Waals surface area contributed by atoms with E-state index in [2.05, 4.69) is 30.1 Å². The van der Waals surface area contributed by atoms with Gasteiger partial charge in [-0.15, -0.1) is 0 Å². The van der Waals surface area contributed by atoms with Gasteiger partial charge in [-0.05, 0) is 31.3 Å². The van der Waals surface area contributed by atoms with E-state index in [0.29, 0.717) is 0 Å². The van der Waals surface area contributed by atoms with Crippen molar-refractivity contribution in [3.8, 4) is 6.07 Å². The van der Waals surface area contributed by atoms with E-state index in [4.69, 9.17) is 5.26 Å². The van der Waals surface area contributed by atoms with Gasteiger partial charge in [-0.25, -0.2) is 0 Å². The molecule has 0 saturated carbocycles. The standard InChI is InChI=1S/C12H23N3/c1-4-14-12(7-13)9-15-6-5-11(8-15)10(2)3/h10-12,14H,4-6,8-9H2,1-3H3. The van der Waals surface area contributed by atoms with Crippen LogP contribution < -0.4 is 5.32 Å². The second-order valence-corrected chi connectivity index (χ2v) is 4.79. The highest BCUT2D eigenvalue weighted by molar-refractivity contribution is 4.93. The van der Waals surface area contributed by atoms with Crippen molar-refractivity contribution in [1.29, 1.82) is 5.26 Å². The summed E-state index contributed by atoms with van der Waals surface area (Å²) < 4.78 is 0. The molecule has 0 bridgehead atoms. The number of rotatable bonds is 5. The van der Waals surface area contributed by atoms with Gasteiger partial charge in [0.05, 0.1) is 6.07 Å². The minimum atomic E-state index is 0.000845. The molecule has 1 fully saturated rings. The molecule has 1 N–H and O–H groups in total. The van der Waals surface area contributed by atoms with Crippen LogP contribution in [0.25, 0.3) is 0 Å². The first-order valence-electron chi connectivity index (χ1n) is 6.02. The minimum Gasteiger partial charge on any atom is -0.301 e. The Kier molecular flexibility index (Phi) is 5.07. The van der Waals surface area contributed by atoms with Crippen molar-refractivity contribution < 1.29 is 0 Å². The van der Waals surface area contributed by atoms with E-state index < -0.39 is 0 Å². The lowest BCUT2D eigenvalue weighted by Crippen LogP contribution is -2.39. The summed E-state index contributed by atoms with van der Waals surface area (Å²) in [4.78, 5) is 2.42. The van der Waals surface area contributed by atoms with Gasteiger partial charge in [-0.2, -0.15) is 5.26 Å². The molecule has 2 atom stereocenters. The average Bonchev–Trinajstić information content (AvgIpc) is 2.65. The first-order valence-corrected chi connectivity index (χ1v) is 6.02. The van der Waals surface area contributed by atoms with Crippen molar-refractivity contribution in [3.63, 3.8) is 0 Å². The fourth-order valence-electron chi connectivity index (χ4n) is 2.23. The molecule has 0 amide bonds. The monoisotopic (exact) mass is 209 g/mol. The Balaban J connectivity index is 2.32. The molecule has 1 aliphatic heterocycles. The molecule has 0 aromatic heterocycles. The summed E-state index contributed by atoms with van der Waals surface area (Å²) in [5, 5.41) is 12.2. The Labute approximate surface area is 93.5 Å². The predicted molar refractivity (Wildman–Crippen MR) is 62.5 cm³/mol. The molecule has 1 rings (SSSR count). The van der Waals surface area contributed by atoms with Crippen LogP contribution in [0.1, 0.15) is 27.2 Å². The number of likely N-dealkylation sites (N-methyl/N-ethyl adjacent to an activating group) is 1. The molecule has 0 radical (unpaired) electrons. The fraction of sp³-hybridized carbons (Fsp3) is 0.917. The van der Waals surface area contributed by atoms with E-state index in [1.165, 1.54) is 13.0 Å². The highest BCUT2D eigenvalue weighted by atomic mass is 15.2. The zero-order chi connectivity index (χ0) is 11.3. The van der Waals surface area contributed by atoms with Crippen LogP contribution in [0.3, 0.4) is 0 Å². The summed E-state index contributed by atoms with van der Waals surface area (Å²) in [6.07, 6.45) is 1.29. The molecule has 0 aliphatic carbocycles. The van der Waals surface area contributed by atoms with Crippen LogP contribution in [0.5, 0.6) is 0 Å². The summed E-state index contributed by atoms with van der Waals surface area (Å²) in [7, 11) is 0. The van der Waals surface area contributed by atoms with Crippen molar-refractivity contribution in [3.05, 3.63) is 0 Å². The maximum absolute atomic E-state index is 8.95. The van der Waals surface area contributed by atoms with Crippen molar-refractivity contribution in [1.82, 2.24) is 10.2 Å². The van der Waals surface area contributed by atoms with E-state index >= 15 is 0 Å². The summed E-state index contributed by atoms with van der Waals surface area (Å²) in [5.74, 6) is 1.60. The highest BCUT2D eigenvalue weighted by Gasteiger charge is 2.26. The number of hydrogen-bond donors (Lipinski definition) is 1. The Morgan fingerprint density at radius 2 is 2.27 bits per heavy atom. The molecular formula is C12H23N3. The zero-order valence-corrected chi connectivity index (χ0v) is 10.2. The summed E-state index contributed by atoms with van der Waals surface area (Å²) >= 11 is 0. The van der Waals surface area contributed by atoms with E-state index in [-0.39, 0.29) is 6.04 Å². The molecule has 0 aromatic carbocycles. The minimum absolute atomic E-state index is 0.000845. The first-order chi connectivity index (χ1) is 7.17. The van der Waals surface area contributed by atoms with Gasteiger partial charge in [-0.1, -0.05) is 20.8 Å². The number of likely N-dealkylation sites (tertiary alicyclic amines) is 1. The van der Waals surface area contributed by atoms with Gasteiger partial charge in [0.1, 0.15) is 6.04 Å². The van der Waals surface area contributed by atoms with Crippen molar-refractivity contribution in [2.75, 3.05) is 26.2 Å². The van der Waals surface area contributed by atoms with E-state index in [9.17, 15) is 0 Å². The molecule has 3 heteroatoms. The lowest BCUT2D eigenvalue weighted by molar-refractivity contribution is 0.287. The van der Waals surface area contributed by atoms with Gasteiger partial charge < -0.3 is 10.2 Å². The SMILES string of the molecule is CCNC(C#N)CN1CCC(C(C)C)C1. The maximum Gasteiger partial charge on any atom is 0.108 e. The quantitative estimate of drug-likeness (QED) is 0.745. The van der Waals surface area contributed by atoms with Gasteiger partial charge in [0.25, 0.3) is 0 Å². The van der Waals surface area contributed by atoms with Gasteiger partial charge in [-0.3, -0.25) is 0 Å². The van der Waals surface area contributed by atoms with E-state index in [1.807, 2.05) is 6.92 Å². The second-order valence-electron chi connectivity index (χ2n) is 4.79. The van der Waals surface area contributed by atoms with Crippen LogP contribution in [-0.4, -0.2) is 37.1 Å². The normalized spacial score (nSPS) is 24.3. The summed E-state index contributed by atoms with van der Waals surface area (Å²) in [6, 6.07) is 2.32. The molecule has 86 valence electrons. The van der Waals surface area contributed by atoms with Crippen molar-refractivity contribution >= 4 is 0 Å². The van der Waals surface area contributed by atoms with Crippen LogP contribution in [0.15, 0.2) is 0 Å². The van der Waals surface area contributed by atoms with Gasteiger partial charge >= 0.3 is 0 Å². The fourth-order valence-corrected chi connectivity index (χ4v) is 2.23. The number of hydrogen-bond acceptors (Lipinski definition) is 3. The molecule has 0 aromatic rings. The van der Waals surface area contributed by atoms with Gasteiger partial charge in [0, 0.05) is 13.1 Å². The van der Waals surface area contributed by atoms with E-state index in [1.54, 1.807) is 0 Å². The smallest absolute Gasteiger partial charge is 0.108 e. The van der Waals surface area contributed by atoms with E-state index in [0.717, 1.165) is 31.5 Å². The Hall–Kier alpha value is -0.590. The topological polar surface area (TPSA) is 39.1 Å². The molecular weight excluding hydrogens is 186 g/mol. The summed E-state index contributed by atoms with van der Waals surface area (Å²) in [5.41, 5.74) is 0. The molecule has 3 nitrogen and oxygen atoms in total. The largest absolute Gasteiger partial charge is 0.301 e. The summed E-state index contributed by atoms with van der Waals surface area (Å²) in [6.45, 7) is 10.7. The number of nitrogens with one attached hydrogen (secondary N) is 1. The Bertz CT molecular complexity index is 219. The molecule has 0 spiro atoms. The van der Waals surface area contributed by atoms with Crippen LogP contribution in [0, 0.1) is 23.2 Å². The lowest BCUT2D eigenvalue weighted by atomic mass is 9.95. The highest BCUT2D eigenvalue weighted by Crippen LogP contribution is 2.23. The second kappa shape index (κ2) is 6.09. The zero-order valence-electron chi connectivity index (χ0n) is 10.2. The number of nitrogens with zero attached hydrogens (tertiary/aromatic N) is 2. The average molecular weight is 209 g/mol. The molecule has 1 saturated heterocycles. The maximum atomic E-state index is 8.95. The van der Waals surface area contributed by atoms with Crippen LogP contribution in [0.2, 0.25) is 0 Å². The van der Waals surface area contributed by atoms with Crippen LogP contribution >= 0.6 is 0 Å². The first kappa shape index (κ1) is 12.5. The molecule has 1 aliphatic rings. The van der Waals surface area contributed by atoms with Gasteiger partial charge in [0.15, 0.2) is 0 Å². The number of nitriles is 1. The molecule has 15 heavy (non-hydrogen) atoms. The van der Waals surface area contributed by atoms with Crippen LogP contribution in [0.4, 0.5) is 0 Å². The third-order valence-electron chi connectivity index (χ3n) is 3.30. The third-order valence-corrected chi connectivity index (χ3v) is 3.30. The van der Waals surface area contributed by atoms with Crippen molar-refractivity contribution in [2.45, 2.75) is 33.2 Å². The third kappa shape index (κ3) is 3.81. The van der Waals surface area contributed by atoms with Crippen molar-refractivity contribution in [2.24, 2.45) is 11.8 Å².